The number of nitrogens with one attached hydrogen (secondary N) is 1. The number of benzene rings is 5. The van der Waals surface area contributed by atoms with E-state index in [1.165, 1.54) is 24.3 Å². The highest BCUT2D eigenvalue weighted by Gasteiger charge is 2.34. The quantitative estimate of drug-likeness (QED) is 0.144. The summed E-state index contributed by atoms with van der Waals surface area (Å²) in [7, 11) is 0. The van der Waals surface area contributed by atoms with Crippen molar-refractivity contribution in [2.75, 3.05) is 5.32 Å². The Balaban J connectivity index is 1.19. The molecule has 48 heavy (non-hydrogen) atoms. The predicted octanol–water partition coefficient (Wildman–Crippen LogP) is 6.55. The number of esters is 4. The van der Waals surface area contributed by atoms with Crippen LogP contribution in [0.4, 0.5) is 5.69 Å². The molecular formula is C39H29NO8. The van der Waals surface area contributed by atoms with Gasteiger partial charge in [-0.1, -0.05) is 91.0 Å². The van der Waals surface area contributed by atoms with Gasteiger partial charge in [-0.15, -0.1) is 0 Å². The second-order valence-corrected chi connectivity index (χ2v) is 11.3. The van der Waals surface area contributed by atoms with E-state index >= 15 is 0 Å². The number of hydrogen-bond acceptors (Lipinski definition) is 8. The van der Waals surface area contributed by atoms with Crippen LogP contribution in [0.2, 0.25) is 0 Å². The predicted molar refractivity (Wildman–Crippen MR) is 176 cm³/mol. The maximum Gasteiger partial charge on any atom is 0.346 e. The van der Waals surface area contributed by atoms with Crippen LogP contribution in [0.3, 0.4) is 0 Å². The molecule has 2 unspecified atom stereocenters. The van der Waals surface area contributed by atoms with Crippen molar-refractivity contribution in [3.8, 4) is 11.1 Å². The first-order valence-corrected chi connectivity index (χ1v) is 15.1. The molecule has 1 amide bonds. The van der Waals surface area contributed by atoms with Gasteiger partial charge in [0.05, 0.1) is 29.0 Å². The molecule has 0 saturated heterocycles. The third-order valence-electron chi connectivity index (χ3n) is 8.07. The smallest absolute Gasteiger partial charge is 0.346 e. The molecule has 6 rings (SSSR count). The van der Waals surface area contributed by atoms with Gasteiger partial charge in [0.2, 0.25) is 0 Å². The van der Waals surface area contributed by atoms with Crippen LogP contribution in [-0.2, 0) is 19.1 Å². The van der Waals surface area contributed by atoms with E-state index in [0.717, 1.165) is 11.1 Å². The zero-order chi connectivity index (χ0) is 33.8. The van der Waals surface area contributed by atoms with Crippen molar-refractivity contribution in [3.63, 3.8) is 0 Å². The van der Waals surface area contributed by atoms with Crippen molar-refractivity contribution in [2.24, 2.45) is 0 Å². The van der Waals surface area contributed by atoms with Crippen molar-refractivity contribution in [1.82, 2.24) is 0 Å². The van der Waals surface area contributed by atoms with E-state index in [9.17, 15) is 29.1 Å². The molecule has 0 saturated carbocycles. The fraction of sp³-hybridized carbons (Fsp3) is 0.103. The molecule has 2 atom stereocenters. The molecule has 5 aromatic carbocycles. The molecule has 9 heteroatoms. The number of aliphatic hydroxyl groups is 1. The number of carbonyl (C=O) groups excluding carboxylic acids is 5. The number of amides is 1. The number of carbonyl (C=O) groups is 5. The van der Waals surface area contributed by atoms with Crippen LogP contribution in [-0.4, -0.2) is 34.9 Å². The van der Waals surface area contributed by atoms with E-state index in [-0.39, 0.29) is 16.7 Å². The van der Waals surface area contributed by atoms with Crippen LogP contribution in [0.15, 0.2) is 121 Å². The van der Waals surface area contributed by atoms with E-state index in [0.29, 0.717) is 27.9 Å². The molecule has 0 spiro atoms. The molecule has 0 aromatic heterocycles. The minimum absolute atomic E-state index is 0.0131. The van der Waals surface area contributed by atoms with E-state index in [1.54, 1.807) is 78.9 Å². The van der Waals surface area contributed by atoms with Gasteiger partial charge in [-0.3, -0.25) is 14.4 Å². The highest BCUT2D eigenvalue weighted by molar-refractivity contribution is 6.12. The third kappa shape index (κ3) is 6.53. The van der Waals surface area contributed by atoms with Gasteiger partial charge in [-0.25, -0.2) is 9.59 Å². The Morgan fingerprint density at radius 2 is 1.31 bits per heavy atom. The maximum atomic E-state index is 13.5. The molecule has 2 N–H and O–H groups in total. The lowest BCUT2D eigenvalue weighted by atomic mass is 9.95. The lowest BCUT2D eigenvalue weighted by molar-refractivity contribution is -0.146. The number of anilines is 1. The zero-order valence-corrected chi connectivity index (χ0v) is 25.7. The number of aryl methyl sites for hydroxylation is 1. The summed E-state index contributed by atoms with van der Waals surface area (Å²) in [4.78, 5) is 66.3. The highest BCUT2D eigenvalue weighted by Crippen LogP contribution is 2.45. The first-order chi connectivity index (χ1) is 23.2. The highest BCUT2D eigenvalue weighted by atomic mass is 16.6. The summed E-state index contributed by atoms with van der Waals surface area (Å²) in [6.07, 6.45) is -1.72. The van der Waals surface area contributed by atoms with Gasteiger partial charge in [0.15, 0.2) is 0 Å². The van der Waals surface area contributed by atoms with Crippen molar-refractivity contribution in [3.05, 3.63) is 160 Å². The van der Waals surface area contributed by atoms with E-state index in [4.69, 9.17) is 9.47 Å². The number of aliphatic hydroxyl groups excluding tert-OH is 1. The standard InChI is InChI=1S/C39H29NO8/c1-23-11-9-14-25(21-23)40-36(43)29-17-7-8-18-30(29)37(44)48-39(46)32(24-12-3-2-4-13-24)22-33(41)47-38(45)31-20-10-19-27-26-15-5-6-16-28(26)35(42)34(27)31/h2-21,32,35,42H,22H2,1H3,(H,40,43). The molecule has 5 aromatic rings. The first kappa shape index (κ1) is 31.8. The van der Waals surface area contributed by atoms with Crippen LogP contribution in [0.25, 0.3) is 11.1 Å². The largest absolute Gasteiger partial charge is 0.389 e. The summed E-state index contributed by atoms with van der Waals surface area (Å²) >= 11 is 0. The molecule has 9 nitrogen and oxygen atoms in total. The average molecular weight is 640 g/mol. The Labute approximate surface area is 275 Å². The molecule has 0 aliphatic heterocycles. The molecule has 1 aliphatic carbocycles. The average Bonchev–Trinajstić information content (AvgIpc) is 3.39. The Morgan fingerprint density at radius 3 is 2.08 bits per heavy atom. The SMILES string of the molecule is Cc1cccc(NC(=O)c2ccccc2C(=O)OC(=O)C(CC(=O)OC(=O)c2cccc3c2C(O)c2ccccc2-3)c2ccccc2)c1. The fourth-order valence-corrected chi connectivity index (χ4v) is 5.80. The van der Waals surface area contributed by atoms with Crippen LogP contribution in [0.5, 0.6) is 0 Å². The summed E-state index contributed by atoms with van der Waals surface area (Å²) in [5.74, 6) is -6.10. The fourth-order valence-electron chi connectivity index (χ4n) is 5.80. The van der Waals surface area contributed by atoms with Gasteiger partial charge in [0, 0.05) is 11.3 Å². The molecule has 238 valence electrons. The van der Waals surface area contributed by atoms with Crippen LogP contribution >= 0.6 is 0 Å². The van der Waals surface area contributed by atoms with E-state index in [2.05, 4.69) is 5.32 Å². The normalized spacial score (nSPS) is 13.4. The van der Waals surface area contributed by atoms with Crippen LogP contribution in [0, 0.1) is 6.92 Å². The summed E-state index contributed by atoms with van der Waals surface area (Å²) in [6, 6.07) is 33.2. The molecule has 0 fully saturated rings. The second kappa shape index (κ2) is 13.7. The van der Waals surface area contributed by atoms with Crippen molar-refractivity contribution < 1.29 is 38.6 Å². The number of rotatable bonds is 8. The summed E-state index contributed by atoms with van der Waals surface area (Å²) in [5, 5.41) is 13.7. The van der Waals surface area contributed by atoms with Crippen LogP contribution < -0.4 is 5.32 Å². The minimum Gasteiger partial charge on any atom is -0.389 e. The second-order valence-electron chi connectivity index (χ2n) is 11.3. The summed E-state index contributed by atoms with van der Waals surface area (Å²) in [6.45, 7) is 1.87. The Bertz CT molecular complexity index is 2070. The van der Waals surface area contributed by atoms with E-state index < -0.39 is 48.2 Å². The van der Waals surface area contributed by atoms with Crippen molar-refractivity contribution >= 4 is 35.5 Å². The van der Waals surface area contributed by atoms with Crippen molar-refractivity contribution in [1.29, 1.82) is 0 Å². The van der Waals surface area contributed by atoms with Gasteiger partial charge >= 0.3 is 23.9 Å². The first-order valence-electron chi connectivity index (χ1n) is 15.1. The molecule has 1 aliphatic rings. The number of ether oxygens (including phenoxy) is 2. The molecule has 0 radical (unpaired) electrons. The minimum atomic E-state index is -1.32. The summed E-state index contributed by atoms with van der Waals surface area (Å²) in [5.41, 5.74) is 4.01. The number of hydrogen-bond donors (Lipinski definition) is 2. The lowest BCUT2D eigenvalue weighted by Crippen LogP contribution is -2.25. The van der Waals surface area contributed by atoms with Gasteiger partial charge in [-0.2, -0.15) is 0 Å². The topological polar surface area (TPSA) is 136 Å². The van der Waals surface area contributed by atoms with Crippen molar-refractivity contribution in [2.45, 2.75) is 25.4 Å². The van der Waals surface area contributed by atoms with Crippen LogP contribution in [0.1, 0.15) is 71.8 Å². The third-order valence-corrected chi connectivity index (χ3v) is 8.07. The van der Waals surface area contributed by atoms with Gasteiger partial charge in [0.1, 0.15) is 6.10 Å². The van der Waals surface area contributed by atoms with Gasteiger partial charge in [-0.05, 0) is 65.1 Å². The zero-order valence-electron chi connectivity index (χ0n) is 25.7. The molecular weight excluding hydrogens is 610 g/mol. The molecule has 0 bridgehead atoms. The van der Waals surface area contributed by atoms with E-state index in [1.807, 2.05) is 25.1 Å². The van der Waals surface area contributed by atoms with Gasteiger partial charge < -0.3 is 19.9 Å². The Hall–Kier alpha value is -6.19. The monoisotopic (exact) mass is 639 g/mol. The number of fused-ring (bicyclic) bond motifs is 3. The Kier molecular flexibility index (Phi) is 9.04. The van der Waals surface area contributed by atoms with Gasteiger partial charge in [0.25, 0.3) is 5.91 Å². The maximum absolute atomic E-state index is 13.5. The lowest BCUT2D eigenvalue weighted by Gasteiger charge is -2.16. The summed E-state index contributed by atoms with van der Waals surface area (Å²) < 4.78 is 10.4. The molecule has 0 heterocycles. The Morgan fingerprint density at radius 1 is 0.688 bits per heavy atom.